The molecular formula is C20H19ClN2O4. The second-order valence-corrected chi connectivity index (χ2v) is 6.70. The first-order valence-electron chi connectivity index (χ1n) is 8.43. The molecule has 3 rings (SSSR count). The van der Waals surface area contributed by atoms with Crippen molar-refractivity contribution in [2.75, 3.05) is 12.0 Å². The van der Waals surface area contributed by atoms with Gasteiger partial charge in [0.25, 0.3) is 5.91 Å². The van der Waals surface area contributed by atoms with E-state index in [1.165, 1.54) is 11.8 Å². The van der Waals surface area contributed by atoms with Gasteiger partial charge in [0.1, 0.15) is 11.8 Å². The number of halogens is 1. The summed E-state index contributed by atoms with van der Waals surface area (Å²) >= 11 is 5.87. The lowest BCUT2D eigenvalue weighted by Crippen LogP contribution is -2.44. The molecule has 1 unspecified atom stereocenters. The van der Waals surface area contributed by atoms with E-state index < -0.39 is 11.9 Å². The Morgan fingerprint density at radius 2 is 1.78 bits per heavy atom. The molecule has 0 bridgehead atoms. The molecule has 2 aromatic rings. The van der Waals surface area contributed by atoms with E-state index in [9.17, 15) is 14.4 Å². The second-order valence-electron chi connectivity index (χ2n) is 6.26. The summed E-state index contributed by atoms with van der Waals surface area (Å²) in [6.07, 6.45) is -0.0444. The molecule has 1 atom stereocenters. The lowest BCUT2D eigenvalue weighted by atomic mass is 10.1. The van der Waals surface area contributed by atoms with Crippen LogP contribution in [0.25, 0.3) is 0 Å². The molecule has 3 amide bonds. The molecule has 140 valence electrons. The van der Waals surface area contributed by atoms with E-state index in [-0.39, 0.29) is 24.8 Å². The van der Waals surface area contributed by atoms with Crippen molar-refractivity contribution in [3.8, 4) is 5.75 Å². The third kappa shape index (κ3) is 3.95. The predicted molar refractivity (Wildman–Crippen MR) is 102 cm³/mol. The highest BCUT2D eigenvalue weighted by atomic mass is 35.5. The zero-order valence-electron chi connectivity index (χ0n) is 15.0. The maximum Gasteiger partial charge on any atom is 0.257 e. The van der Waals surface area contributed by atoms with E-state index in [1.54, 1.807) is 43.5 Å². The van der Waals surface area contributed by atoms with Gasteiger partial charge in [-0.25, -0.2) is 4.90 Å². The Hall–Kier alpha value is -2.86. The highest BCUT2D eigenvalue weighted by molar-refractivity contribution is 6.30. The molecule has 27 heavy (non-hydrogen) atoms. The minimum atomic E-state index is -0.826. The van der Waals surface area contributed by atoms with Crippen molar-refractivity contribution in [2.45, 2.75) is 25.9 Å². The first-order valence-corrected chi connectivity index (χ1v) is 8.81. The van der Waals surface area contributed by atoms with Crippen LogP contribution in [0.3, 0.4) is 0 Å². The molecule has 0 aliphatic carbocycles. The second kappa shape index (κ2) is 7.80. The third-order valence-electron chi connectivity index (χ3n) is 4.50. The summed E-state index contributed by atoms with van der Waals surface area (Å²) in [5.41, 5.74) is 1.29. The van der Waals surface area contributed by atoms with Crippen LogP contribution in [0.2, 0.25) is 5.02 Å². The molecule has 0 N–H and O–H groups in total. The number of imide groups is 1. The normalized spacial score (nSPS) is 16.6. The number of carbonyl (C=O) groups excluding carboxylic acids is 3. The zero-order chi connectivity index (χ0) is 19.6. The maximum absolute atomic E-state index is 12.9. The van der Waals surface area contributed by atoms with Gasteiger partial charge in [0.05, 0.1) is 19.2 Å². The van der Waals surface area contributed by atoms with Crippen LogP contribution in [0.15, 0.2) is 48.5 Å². The highest BCUT2D eigenvalue weighted by Gasteiger charge is 2.43. The first kappa shape index (κ1) is 18.9. The van der Waals surface area contributed by atoms with Crippen LogP contribution in [-0.2, 0) is 20.9 Å². The Labute approximate surface area is 162 Å². The van der Waals surface area contributed by atoms with Crippen LogP contribution < -0.4 is 9.64 Å². The molecule has 2 aromatic carbocycles. The summed E-state index contributed by atoms with van der Waals surface area (Å²) < 4.78 is 5.13. The van der Waals surface area contributed by atoms with Gasteiger partial charge in [-0.1, -0.05) is 23.7 Å². The summed E-state index contributed by atoms with van der Waals surface area (Å²) in [6.45, 7) is 1.63. The molecule has 6 nitrogen and oxygen atoms in total. The number of amides is 3. The van der Waals surface area contributed by atoms with Gasteiger partial charge in [-0.2, -0.15) is 0 Å². The quantitative estimate of drug-likeness (QED) is 0.741. The van der Waals surface area contributed by atoms with Crippen LogP contribution in [0.4, 0.5) is 5.69 Å². The van der Waals surface area contributed by atoms with E-state index in [4.69, 9.17) is 16.3 Å². The number of rotatable bonds is 5. The van der Waals surface area contributed by atoms with E-state index in [1.807, 2.05) is 12.1 Å². The van der Waals surface area contributed by atoms with Crippen molar-refractivity contribution in [3.63, 3.8) is 0 Å². The number of nitrogens with zero attached hydrogens (tertiary/aromatic N) is 2. The van der Waals surface area contributed by atoms with Crippen molar-refractivity contribution < 1.29 is 19.1 Å². The van der Waals surface area contributed by atoms with Crippen molar-refractivity contribution in [3.05, 3.63) is 59.1 Å². The Balaban J connectivity index is 1.83. The molecule has 0 saturated carbocycles. The Morgan fingerprint density at radius 1 is 1.15 bits per heavy atom. The van der Waals surface area contributed by atoms with Gasteiger partial charge in [-0.3, -0.25) is 14.4 Å². The number of hydrogen-bond acceptors (Lipinski definition) is 4. The van der Waals surface area contributed by atoms with Crippen LogP contribution in [0.5, 0.6) is 5.75 Å². The zero-order valence-corrected chi connectivity index (χ0v) is 15.8. The lowest BCUT2D eigenvalue weighted by Gasteiger charge is -2.26. The molecule has 1 aliphatic rings. The van der Waals surface area contributed by atoms with Crippen molar-refractivity contribution in [1.29, 1.82) is 0 Å². The van der Waals surface area contributed by atoms with Gasteiger partial charge in [0.2, 0.25) is 11.8 Å². The van der Waals surface area contributed by atoms with Gasteiger partial charge in [-0.05, 0) is 42.0 Å². The summed E-state index contributed by atoms with van der Waals surface area (Å²) in [7, 11) is 1.57. The predicted octanol–water partition coefficient (Wildman–Crippen LogP) is 3.03. The van der Waals surface area contributed by atoms with Gasteiger partial charge in [-0.15, -0.1) is 0 Å². The smallest absolute Gasteiger partial charge is 0.257 e. The standard InChI is InChI=1S/C20H19ClN2O4/c1-13(24)22(12-14-3-9-17(27-2)10-4-14)18-11-19(25)23(20(18)26)16-7-5-15(21)6-8-16/h3-10,18H,11-12H2,1-2H3. The SMILES string of the molecule is COc1ccc(CN(C(C)=O)C2CC(=O)N(c3ccc(Cl)cc3)C2=O)cc1. The Morgan fingerprint density at radius 3 is 2.33 bits per heavy atom. The number of ether oxygens (including phenoxy) is 1. The van der Waals surface area contributed by atoms with Crippen LogP contribution in [0, 0.1) is 0 Å². The fraction of sp³-hybridized carbons (Fsp3) is 0.250. The molecule has 1 aliphatic heterocycles. The first-order chi connectivity index (χ1) is 12.9. The monoisotopic (exact) mass is 386 g/mol. The molecule has 0 radical (unpaired) electrons. The number of methoxy groups -OCH3 is 1. The molecule has 1 fully saturated rings. The number of hydrogen-bond donors (Lipinski definition) is 0. The summed E-state index contributed by atoms with van der Waals surface area (Å²) in [4.78, 5) is 40.1. The largest absolute Gasteiger partial charge is 0.497 e. The molecule has 7 heteroatoms. The van der Waals surface area contributed by atoms with Crippen LogP contribution >= 0.6 is 11.6 Å². The molecule has 0 aromatic heterocycles. The third-order valence-corrected chi connectivity index (χ3v) is 4.75. The average molecular weight is 387 g/mol. The fourth-order valence-corrected chi connectivity index (χ4v) is 3.22. The minimum Gasteiger partial charge on any atom is -0.497 e. The average Bonchev–Trinajstić information content (AvgIpc) is 2.95. The minimum absolute atomic E-state index is 0.0444. The maximum atomic E-state index is 12.9. The highest BCUT2D eigenvalue weighted by Crippen LogP contribution is 2.28. The van der Waals surface area contributed by atoms with Crippen molar-refractivity contribution >= 4 is 35.0 Å². The van der Waals surface area contributed by atoms with Crippen LogP contribution in [-0.4, -0.2) is 35.8 Å². The van der Waals surface area contributed by atoms with Gasteiger partial charge in [0.15, 0.2) is 0 Å². The number of benzene rings is 2. The van der Waals surface area contributed by atoms with E-state index in [0.717, 1.165) is 10.5 Å². The van der Waals surface area contributed by atoms with E-state index in [0.29, 0.717) is 16.5 Å². The van der Waals surface area contributed by atoms with E-state index >= 15 is 0 Å². The molecule has 1 heterocycles. The summed E-state index contributed by atoms with van der Waals surface area (Å²) in [5, 5.41) is 0.513. The molecular weight excluding hydrogens is 368 g/mol. The number of carbonyl (C=O) groups is 3. The molecule has 1 saturated heterocycles. The van der Waals surface area contributed by atoms with Gasteiger partial charge < -0.3 is 9.64 Å². The van der Waals surface area contributed by atoms with Crippen molar-refractivity contribution in [1.82, 2.24) is 4.90 Å². The van der Waals surface area contributed by atoms with Gasteiger partial charge in [0, 0.05) is 18.5 Å². The van der Waals surface area contributed by atoms with Gasteiger partial charge >= 0.3 is 0 Å². The van der Waals surface area contributed by atoms with Crippen LogP contribution in [0.1, 0.15) is 18.9 Å². The molecule has 0 spiro atoms. The summed E-state index contributed by atoms with van der Waals surface area (Å²) in [6, 6.07) is 12.9. The Bertz CT molecular complexity index is 865. The lowest BCUT2D eigenvalue weighted by molar-refractivity contribution is -0.137. The summed E-state index contributed by atoms with van der Waals surface area (Å²) in [5.74, 6) is -0.316. The fourth-order valence-electron chi connectivity index (χ4n) is 3.09. The van der Waals surface area contributed by atoms with Crippen molar-refractivity contribution in [2.24, 2.45) is 0 Å². The Kier molecular flexibility index (Phi) is 5.46. The van der Waals surface area contributed by atoms with E-state index in [2.05, 4.69) is 0 Å². The topological polar surface area (TPSA) is 66.9 Å². The number of anilines is 1.